The Hall–Kier alpha value is -4.72. The molecule has 0 saturated heterocycles. The second-order valence-corrected chi connectivity index (χ2v) is 10.1. The first-order valence-electron chi connectivity index (χ1n) is 13.3. The Bertz CT molecular complexity index is 1720. The highest BCUT2D eigenvalue weighted by molar-refractivity contribution is 5.88. The third-order valence-electron chi connectivity index (χ3n) is 7.52. The standard InChI is InChI=1S/C33H27F3N2O3/c1-40-23-11-12-30-25(16-23)24-13-14-38(33(32(24)37-30)26-17-28(35)29(36)18-27(26)34)31(39)15-20-7-9-22(10-8-20)41-19-21-5-3-2-4-6-21/h2-12,16-18,33,37H,13-15,19H2,1H3/t33-/m0/s1. The van der Waals surface area contributed by atoms with E-state index in [1.807, 2.05) is 54.6 Å². The molecule has 41 heavy (non-hydrogen) atoms. The molecule has 1 amide bonds. The van der Waals surface area contributed by atoms with Crippen molar-refractivity contribution >= 4 is 16.8 Å². The summed E-state index contributed by atoms with van der Waals surface area (Å²) in [6.45, 7) is 0.699. The van der Waals surface area contributed by atoms with E-state index in [2.05, 4.69) is 4.98 Å². The fourth-order valence-electron chi connectivity index (χ4n) is 5.45. The molecule has 0 spiro atoms. The molecule has 0 fully saturated rings. The number of H-pyrrole nitrogens is 1. The minimum Gasteiger partial charge on any atom is -0.497 e. The third-order valence-corrected chi connectivity index (χ3v) is 7.52. The Morgan fingerprint density at radius 3 is 2.37 bits per heavy atom. The van der Waals surface area contributed by atoms with Gasteiger partial charge in [-0.05, 0) is 59.5 Å². The number of fused-ring (bicyclic) bond motifs is 3. The maximum atomic E-state index is 15.2. The Kier molecular flexibility index (Phi) is 7.14. The van der Waals surface area contributed by atoms with Crippen molar-refractivity contribution in [2.24, 2.45) is 0 Å². The second kappa shape index (κ2) is 11.0. The number of rotatable bonds is 7. The van der Waals surface area contributed by atoms with Gasteiger partial charge in [-0.25, -0.2) is 13.2 Å². The number of benzene rings is 4. The molecule has 8 heteroatoms. The topological polar surface area (TPSA) is 54.6 Å². The van der Waals surface area contributed by atoms with E-state index in [9.17, 15) is 13.6 Å². The predicted octanol–water partition coefficient (Wildman–Crippen LogP) is 6.89. The molecule has 4 aromatic carbocycles. The summed E-state index contributed by atoms with van der Waals surface area (Å²) in [4.78, 5) is 18.6. The number of hydrogen-bond acceptors (Lipinski definition) is 3. The number of methoxy groups -OCH3 is 1. The summed E-state index contributed by atoms with van der Waals surface area (Å²) in [7, 11) is 1.57. The number of carbonyl (C=O) groups is 1. The van der Waals surface area contributed by atoms with Gasteiger partial charge >= 0.3 is 0 Å². The Morgan fingerprint density at radius 2 is 1.61 bits per heavy atom. The number of nitrogens with one attached hydrogen (secondary N) is 1. The molecule has 6 rings (SSSR count). The fraction of sp³-hybridized carbons (Fsp3) is 0.182. The van der Waals surface area contributed by atoms with Crippen LogP contribution in [0.25, 0.3) is 10.9 Å². The lowest BCUT2D eigenvalue weighted by Gasteiger charge is -2.36. The lowest BCUT2D eigenvalue weighted by molar-refractivity contribution is -0.132. The van der Waals surface area contributed by atoms with E-state index in [0.717, 1.165) is 33.7 Å². The Labute approximate surface area is 235 Å². The molecule has 1 atom stereocenters. The molecule has 5 aromatic rings. The van der Waals surface area contributed by atoms with E-state index in [0.29, 0.717) is 36.3 Å². The zero-order valence-corrected chi connectivity index (χ0v) is 22.3. The Balaban J connectivity index is 1.29. The van der Waals surface area contributed by atoms with Gasteiger partial charge in [-0.2, -0.15) is 0 Å². The van der Waals surface area contributed by atoms with E-state index in [4.69, 9.17) is 9.47 Å². The summed E-state index contributed by atoms with van der Waals surface area (Å²) < 4.78 is 54.7. The van der Waals surface area contributed by atoms with Gasteiger partial charge in [0.05, 0.1) is 13.5 Å². The van der Waals surface area contributed by atoms with Crippen LogP contribution in [0.1, 0.15) is 34.0 Å². The highest BCUT2D eigenvalue weighted by atomic mass is 19.2. The summed E-state index contributed by atoms with van der Waals surface area (Å²) >= 11 is 0. The van der Waals surface area contributed by atoms with Gasteiger partial charge in [0.1, 0.15) is 30.0 Å². The maximum Gasteiger partial charge on any atom is 0.227 e. The van der Waals surface area contributed by atoms with E-state index in [1.54, 1.807) is 25.3 Å². The highest BCUT2D eigenvalue weighted by Crippen LogP contribution is 2.41. The van der Waals surface area contributed by atoms with Crippen LogP contribution in [0.5, 0.6) is 11.5 Å². The summed E-state index contributed by atoms with van der Waals surface area (Å²) in [6, 6.07) is 23.0. The molecule has 0 aliphatic carbocycles. The van der Waals surface area contributed by atoms with Crippen LogP contribution in [0.4, 0.5) is 13.2 Å². The molecular weight excluding hydrogens is 529 g/mol. The summed E-state index contributed by atoms with van der Waals surface area (Å²) in [5, 5.41) is 0.880. The van der Waals surface area contributed by atoms with E-state index in [-0.39, 0.29) is 24.4 Å². The predicted molar refractivity (Wildman–Crippen MR) is 149 cm³/mol. The molecule has 1 aromatic heterocycles. The summed E-state index contributed by atoms with van der Waals surface area (Å²) in [6.07, 6.45) is 0.548. The lowest BCUT2D eigenvalue weighted by atomic mass is 9.91. The zero-order valence-electron chi connectivity index (χ0n) is 22.3. The highest BCUT2D eigenvalue weighted by Gasteiger charge is 2.36. The van der Waals surface area contributed by atoms with Crippen molar-refractivity contribution in [1.29, 1.82) is 0 Å². The quantitative estimate of drug-likeness (QED) is 0.222. The van der Waals surface area contributed by atoms with Crippen LogP contribution in [0.2, 0.25) is 0 Å². The van der Waals surface area contributed by atoms with Crippen molar-refractivity contribution < 1.29 is 27.4 Å². The number of carbonyl (C=O) groups excluding carboxylic acids is 1. The first-order chi connectivity index (χ1) is 19.9. The van der Waals surface area contributed by atoms with Crippen LogP contribution in [-0.4, -0.2) is 29.4 Å². The number of amides is 1. The van der Waals surface area contributed by atoms with Gasteiger partial charge < -0.3 is 19.4 Å². The van der Waals surface area contributed by atoms with Gasteiger partial charge in [-0.15, -0.1) is 0 Å². The van der Waals surface area contributed by atoms with Crippen molar-refractivity contribution in [1.82, 2.24) is 9.88 Å². The Morgan fingerprint density at radius 1 is 0.878 bits per heavy atom. The van der Waals surface area contributed by atoms with Gasteiger partial charge in [0.15, 0.2) is 11.6 Å². The molecule has 0 saturated carbocycles. The lowest BCUT2D eigenvalue weighted by Crippen LogP contribution is -2.41. The van der Waals surface area contributed by atoms with Gasteiger partial charge in [-0.1, -0.05) is 42.5 Å². The molecule has 0 bridgehead atoms. The molecule has 0 unspecified atom stereocenters. The largest absolute Gasteiger partial charge is 0.497 e. The number of aromatic nitrogens is 1. The number of ether oxygens (including phenoxy) is 2. The van der Waals surface area contributed by atoms with Crippen LogP contribution in [0.15, 0.2) is 84.9 Å². The van der Waals surface area contributed by atoms with E-state index < -0.39 is 23.5 Å². The van der Waals surface area contributed by atoms with Crippen molar-refractivity contribution in [3.8, 4) is 11.5 Å². The molecule has 1 aliphatic rings. The molecule has 1 aliphatic heterocycles. The van der Waals surface area contributed by atoms with Gasteiger partial charge in [0.2, 0.25) is 5.91 Å². The van der Waals surface area contributed by atoms with Crippen LogP contribution >= 0.6 is 0 Å². The molecule has 1 N–H and O–H groups in total. The fourth-order valence-corrected chi connectivity index (χ4v) is 5.45. The third kappa shape index (κ3) is 5.25. The molecule has 5 nitrogen and oxygen atoms in total. The molecule has 0 radical (unpaired) electrons. The normalized spacial score (nSPS) is 14.6. The van der Waals surface area contributed by atoms with Crippen molar-refractivity contribution in [2.45, 2.75) is 25.5 Å². The zero-order chi connectivity index (χ0) is 28.5. The smallest absolute Gasteiger partial charge is 0.227 e. The second-order valence-electron chi connectivity index (χ2n) is 10.1. The minimum atomic E-state index is -1.28. The summed E-state index contributed by atoms with van der Waals surface area (Å²) in [5.74, 6) is -2.32. The van der Waals surface area contributed by atoms with E-state index in [1.165, 1.54) is 4.90 Å². The van der Waals surface area contributed by atoms with E-state index >= 15 is 4.39 Å². The van der Waals surface area contributed by atoms with Crippen LogP contribution in [0.3, 0.4) is 0 Å². The van der Waals surface area contributed by atoms with Crippen LogP contribution in [0, 0.1) is 17.5 Å². The first-order valence-corrected chi connectivity index (χ1v) is 13.3. The van der Waals surface area contributed by atoms with Gasteiger partial charge in [0, 0.05) is 34.8 Å². The maximum absolute atomic E-state index is 15.2. The van der Waals surface area contributed by atoms with Crippen LogP contribution in [-0.2, 0) is 24.2 Å². The number of halogens is 3. The molecule has 208 valence electrons. The average Bonchev–Trinajstić information content (AvgIpc) is 3.36. The van der Waals surface area contributed by atoms with Gasteiger partial charge in [0.25, 0.3) is 0 Å². The molecular formula is C33H27F3N2O3. The average molecular weight is 557 g/mol. The number of nitrogens with zero attached hydrogens (tertiary/aromatic N) is 1. The molecule has 2 heterocycles. The summed E-state index contributed by atoms with van der Waals surface area (Å²) in [5.41, 5.74) is 3.92. The minimum absolute atomic E-state index is 0.0458. The van der Waals surface area contributed by atoms with Gasteiger partial charge in [-0.3, -0.25) is 4.79 Å². The number of aromatic amines is 1. The first kappa shape index (κ1) is 26.5. The van der Waals surface area contributed by atoms with Crippen molar-refractivity contribution in [2.75, 3.05) is 13.7 Å². The van der Waals surface area contributed by atoms with Crippen molar-refractivity contribution in [3.05, 3.63) is 130 Å². The van der Waals surface area contributed by atoms with Crippen LogP contribution < -0.4 is 9.47 Å². The SMILES string of the molecule is COc1ccc2[nH]c3c(c2c1)CCN(C(=O)Cc1ccc(OCc2ccccc2)cc1)[C@H]3c1cc(F)c(F)cc1F. The monoisotopic (exact) mass is 556 g/mol. The van der Waals surface area contributed by atoms with Crippen molar-refractivity contribution in [3.63, 3.8) is 0 Å². The number of hydrogen-bond donors (Lipinski definition) is 1.